The Balaban J connectivity index is 2.66. The second kappa shape index (κ2) is 9.94. The van der Waals surface area contributed by atoms with E-state index in [0.29, 0.717) is 25.8 Å². The molecule has 0 radical (unpaired) electrons. The van der Waals surface area contributed by atoms with E-state index in [1.165, 1.54) is 6.92 Å². The largest absolute Gasteiger partial charge is 0.480 e. The summed E-state index contributed by atoms with van der Waals surface area (Å²) in [5, 5.41) is 26.1. The molecular formula is C15H26N4O6. The van der Waals surface area contributed by atoms with Crippen molar-refractivity contribution in [3.05, 3.63) is 0 Å². The molecule has 4 unspecified atom stereocenters. The van der Waals surface area contributed by atoms with Crippen LogP contribution in [0.5, 0.6) is 0 Å². The van der Waals surface area contributed by atoms with Crippen LogP contribution in [0.4, 0.5) is 0 Å². The highest BCUT2D eigenvalue weighted by Crippen LogP contribution is 2.08. The SMILES string of the molecule is CC(O)C(NC(=O)C1CCC(=O)N1)C(=O)NC(CCCCN)C(=O)O. The summed E-state index contributed by atoms with van der Waals surface area (Å²) in [7, 11) is 0. The Bertz CT molecular complexity index is 510. The second-order valence-electron chi connectivity index (χ2n) is 6.07. The van der Waals surface area contributed by atoms with Gasteiger partial charge in [0.15, 0.2) is 0 Å². The average Bonchev–Trinajstić information content (AvgIpc) is 2.97. The summed E-state index contributed by atoms with van der Waals surface area (Å²) in [5.74, 6) is -2.86. The molecule has 7 N–H and O–H groups in total. The van der Waals surface area contributed by atoms with Crippen LogP contribution in [0.25, 0.3) is 0 Å². The van der Waals surface area contributed by atoms with Crippen molar-refractivity contribution in [3.8, 4) is 0 Å². The summed E-state index contributed by atoms with van der Waals surface area (Å²) >= 11 is 0. The smallest absolute Gasteiger partial charge is 0.326 e. The van der Waals surface area contributed by atoms with E-state index in [0.717, 1.165) is 0 Å². The number of hydrogen-bond acceptors (Lipinski definition) is 6. The lowest BCUT2D eigenvalue weighted by Crippen LogP contribution is -2.58. The van der Waals surface area contributed by atoms with E-state index in [9.17, 15) is 29.4 Å². The number of rotatable bonds is 10. The number of amides is 3. The summed E-state index contributed by atoms with van der Waals surface area (Å²) < 4.78 is 0. The van der Waals surface area contributed by atoms with Gasteiger partial charge in [0.1, 0.15) is 18.1 Å². The number of carbonyl (C=O) groups is 4. The van der Waals surface area contributed by atoms with E-state index in [4.69, 9.17) is 5.73 Å². The van der Waals surface area contributed by atoms with Gasteiger partial charge in [-0.05, 0) is 39.2 Å². The van der Waals surface area contributed by atoms with Crippen molar-refractivity contribution in [3.63, 3.8) is 0 Å². The third-order valence-corrected chi connectivity index (χ3v) is 3.94. The van der Waals surface area contributed by atoms with Gasteiger partial charge in [-0.1, -0.05) is 0 Å². The van der Waals surface area contributed by atoms with Gasteiger partial charge < -0.3 is 31.9 Å². The number of carboxylic acids is 1. The first-order chi connectivity index (χ1) is 11.8. The molecule has 142 valence electrons. The van der Waals surface area contributed by atoms with Gasteiger partial charge in [-0.3, -0.25) is 14.4 Å². The predicted octanol–water partition coefficient (Wildman–Crippen LogP) is -2.17. The first-order valence-corrected chi connectivity index (χ1v) is 8.27. The standard InChI is InChI=1S/C15H26N4O6/c1-8(20)12(19-13(22)9-5-6-11(21)17-9)14(23)18-10(15(24)25)4-2-3-7-16/h8-10,12,20H,2-7,16H2,1H3,(H,17,21)(H,18,23)(H,19,22)(H,24,25). The fraction of sp³-hybridized carbons (Fsp3) is 0.733. The zero-order valence-corrected chi connectivity index (χ0v) is 14.2. The van der Waals surface area contributed by atoms with Crippen molar-refractivity contribution in [2.45, 2.75) is 63.3 Å². The monoisotopic (exact) mass is 358 g/mol. The highest BCUT2D eigenvalue weighted by atomic mass is 16.4. The van der Waals surface area contributed by atoms with Crippen molar-refractivity contribution in [1.29, 1.82) is 0 Å². The average molecular weight is 358 g/mol. The number of nitrogens with one attached hydrogen (secondary N) is 3. The minimum atomic E-state index is -1.32. The van der Waals surface area contributed by atoms with Crippen LogP contribution in [-0.4, -0.2) is 64.7 Å². The molecule has 1 fully saturated rings. The zero-order chi connectivity index (χ0) is 19.0. The zero-order valence-electron chi connectivity index (χ0n) is 14.2. The van der Waals surface area contributed by atoms with E-state index in [1.807, 2.05) is 0 Å². The molecular weight excluding hydrogens is 332 g/mol. The normalized spacial score (nSPS) is 20.3. The molecule has 1 saturated heterocycles. The minimum Gasteiger partial charge on any atom is -0.480 e. The molecule has 0 spiro atoms. The Hall–Kier alpha value is -2.20. The first-order valence-electron chi connectivity index (χ1n) is 8.27. The first kappa shape index (κ1) is 20.8. The lowest BCUT2D eigenvalue weighted by Gasteiger charge is -2.24. The van der Waals surface area contributed by atoms with Crippen LogP contribution in [0, 0.1) is 0 Å². The third-order valence-electron chi connectivity index (χ3n) is 3.94. The maximum absolute atomic E-state index is 12.3. The van der Waals surface area contributed by atoms with Crippen molar-refractivity contribution < 1.29 is 29.4 Å². The van der Waals surface area contributed by atoms with E-state index in [-0.39, 0.29) is 18.7 Å². The maximum Gasteiger partial charge on any atom is 0.326 e. The highest BCUT2D eigenvalue weighted by molar-refractivity contribution is 5.95. The molecule has 1 aliphatic rings. The van der Waals surface area contributed by atoms with Crippen LogP contribution in [-0.2, 0) is 19.2 Å². The number of carboxylic acid groups (broad SMARTS) is 1. The van der Waals surface area contributed by atoms with Crippen molar-refractivity contribution in [2.24, 2.45) is 5.73 Å². The van der Waals surface area contributed by atoms with Crippen LogP contribution < -0.4 is 21.7 Å². The topological polar surface area (TPSA) is 171 Å². The fourth-order valence-electron chi connectivity index (χ4n) is 2.48. The number of unbranched alkanes of at least 4 members (excludes halogenated alkanes) is 1. The molecule has 0 bridgehead atoms. The van der Waals surface area contributed by atoms with Crippen molar-refractivity contribution >= 4 is 23.7 Å². The Morgan fingerprint density at radius 2 is 2.00 bits per heavy atom. The number of aliphatic hydroxyl groups is 1. The quantitative estimate of drug-likeness (QED) is 0.241. The molecule has 0 aliphatic carbocycles. The third kappa shape index (κ3) is 6.67. The van der Waals surface area contributed by atoms with Gasteiger partial charge >= 0.3 is 5.97 Å². The van der Waals surface area contributed by atoms with E-state index in [2.05, 4.69) is 16.0 Å². The second-order valence-corrected chi connectivity index (χ2v) is 6.07. The number of nitrogens with two attached hydrogens (primary N) is 1. The highest BCUT2D eigenvalue weighted by Gasteiger charge is 2.33. The van der Waals surface area contributed by atoms with E-state index < -0.39 is 42.0 Å². The van der Waals surface area contributed by atoms with Gasteiger partial charge in [-0.2, -0.15) is 0 Å². The van der Waals surface area contributed by atoms with E-state index >= 15 is 0 Å². The number of carbonyl (C=O) groups excluding carboxylic acids is 3. The lowest BCUT2D eigenvalue weighted by atomic mass is 10.1. The summed E-state index contributed by atoms with van der Waals surface area (Å²) in [6.45, 7) is 1.72. The van der Waals surface area contributed by atoms with Gasteiger partial charge in [-0.25, -0.2) is 4.79 Å². The molecule has 1 heterocycles. The fourth-order valence-corrected chi connectivity index (χ4v) is 2.48. The van der Waals surface area contributed by atoms with Gasteiger partial charge in [-0.15, -0.1) is 0 Å². The van der Waals surface area contributed by atoms with Crippen LogP contribution in [0.3, 0.4) is 0 Å². The molecule has 0 aromatic heterocycles. The van der Waals surface area contributed by atoms with Crippen LogP contribution >= 0.6 is 0 Å². The number of aliphatic carboxylic acids is 1. The van der Waals surface area contributed by atoms with Crippen LogP contribution in [0.2, 0.25) is 0 Å². The van der Waals surface area contributed by atoms with Crippen LogP contribution in [0.15, 0.2) is 0 Å². The van der Waals surface area contributed by atoms with Gasteiger partial charge in [0, 0.05) is 6.42 Å². The molecule has 0 aromatic carbocycles. The van der Waals surface area contributed by atoms with Gasteiger partial charge in [0.05, 0.1) is 6.10 Å². The summed E-state index contributed by atoms with van der Waals surface area (Å²) in [4.78, 5) is 46.8. The van der Waals surface area contributed by atoms with Gasteiger partial charge in [0.25, 0.3) is 0 Å². The molecule has 10 heteroatoms. The Labute approximate surface area is 145 Å². The Morgan fingerprint density at radius 1 is 1.32 bits per heavy atom. The Morgan fingerprint density at radius 3 is 2.48 bits per heavy atom. The summed E-state index contributed by atoms with van der Waals surface area (Å²) in [6, 6.07) is -3.22. The number of hydrogen-bond donors (Lipinski definition) is 6. The summed E-state index contributed by atoms with van der Waals surface area (Å²) in [5.41, 5.74) is 5.36. The van der Waals surface area contributed by atoms with Crippen molar-refractivity contribution in [1.82, 2.24) is 16.0 Å². The molecule has 1 rings (SSSR count). The molecule has 0 saturated carbocycles. The molecule has 3 amide bonds. The molecule has 10 nitrogen and oxygen atoms in total. The molecule has 0 aromatic rings. The predicted molar refractivity (Wildman–Crippen MR) is 87.2 cm³/mol. The van der Waals surface area contributed by atoms with E-state index in [1.54, 1.807) is 0 Å². The number of aliphatic hydroxyl groups excluding tert-OH is 1. The van der Waals surface area contributed by atoms with Gasteiger partial charge in [0.2, 0.25) is 17.7 Å². The minimum absolute atomic E-state index is 0.192. The van der Waals surface area contributed by atoms with Crippen molar-refractivity contribution in [2.75, 3.05) is 6.54 Å². The molecule has 1 aliphatic heterocycles. The lowest BCUT2D eigenvalue weighted by molar-refractivity contribution is -0.143. The molecule has 4 atom stereocenters. The Kier molecular flexibility index (Phi) is 8.29. The maximum atomic E-state index is 12.3. The van der Waals surface area contributed by atoms with Crippen LogP contribution in [0.1, 0.15) is 39.0 Å². The summed E-state index contributed by atoms with van der Waals surface area (Å²) in [6.07, 6.45) is 0.615. The molecule has 25 heavy (non-hydrogen) atoms.